The Bertz CT molecular complexity index is 1060. The van der Waals surface area contributed by atoms with Crippen LogP contribution in [0.4, 0.5) is 0 Å². The summed E-state index contributed by atoms with van der Waals surface area (Å²) in [6.45, 7) is 4.20. The standard InChI is InChI=1S/C26H26O4/c1-17-7-11-19(12-8-17)25(27)29-23-15-16-24(22-6-4-3-5-21(22)23)30-26(28)20-13-9-18(2)10-14-20/h3-8,11-12,15-16,18,20H,9-10,13-14H2,1-2H3. The quantitative estimate of drug-likeness (QED) is 0.391. The molecular formula is C26H26O4. The predicted molar refractivity (Wildman–Crippen MR) is 117 cm³/mol. The number of carbonyl (C=O) groups is 2. The largest absolute Gasteiger partial charge is 0.426 e. The van der Waals surface area contributed by atoms with E-state index in [2.05, 4.69) is 6.92 Å². The van der Waals surface area contributed by atoms with Crippen LogP contribution in [0.2, 0.25) is 0 Å². The minimum atomic E-state index is -0.416. The van der Waals surface area contributed by atoms with Crippen LogP contribution in [0.5, 0.6) is 11.5 Å². The Hall–Kier alpha value is -3.14. The van der Waals surface area contributed by atoms with Crippen LogP contribution >= 0.6 is 0 Å². The lowest BCUT2D eigenvalue weighted by Gasteiger charge is -2.24. The summed E-state index contributed by atoms with van der Waals surface area (Å²) in [6.07, 6.45) is 3.89. The van der Waals surface area contributed by atoms with Gasteiger partial charge in [0.2, 0.25) is 0 Å². The third-order valence-corrected chi connectivity index (χ3v) is 5.89. The van der Waals surface area contributed by atoms with Gasteiger partial charge in [0.15, 0.2) is 0 Å². The van der Waals surface area contributed by atoms with Crippen LogP contribution in [-0.4, -0.2) is 11.9 Å². The maximum atomic E-state index is 12.7. The van der Waals surface area contributed by atoms with Crippen LogP contribution in [0.15, 0.2) is 60.7 Å². The van der Waals surface area contributed by atoms with Crippen LogP contribution in [0.25, 0.3) is 10.8 Å². The average Bonchev–Trinajstić information content (AvgIpc) is 2.76. The van der Waals surface area contributed by atoms with Crippen molar-refractivity contribution < 1.29 is 19.1 Å². The highest BCUT2D eigenvalue weighted by molar-refractivity contribution is 5.98. The lowest BCUT2D eigenvalue weighted by Crippen LogP contribution is -2.25. The van der Waals surface area contributed by atoms with E-state index < -0.39 is 5.97 Å². The Morgan fingerprint density at radius 3 is 1.93 bits per heavy atom. The Labute approximate surface area is 176 Å². The zero-order chi connectivity index (χ0) is 21.1. The van der Waals surface area contributed by atoms with E-state index in [0.29, 0.717) is 23.0 Å². The van der Waals surface area contributed by atoms with Gasteiger partial charge in [-0.25, -0.2) is 4.79 Å². The molecule has 3 aromatic carbocycles. The third kappa shape index (κ3) is 4.38. The number of carbonyl (C=O) groups excluding carboxylic acids is 2. The van der Waals surface area contributed by atoms with Gasteiger partial charge in [0.25, 0.3) is 0 Å². The van der Waals surface area contributed by atoms with Gasteiger partial charge in [-0.2, -0.15) is 0 Å². The lowest BCUT2D eigenvalue weighted by atomic mass is 9.83. The molecule has 4 nitrogen and oxygen atoms in total. The van der Waals surface area contributed by atoms with Crippen molar-refractivity contribution in [3.63, 3.8) is 0 Å². The second-order valence-electron chi connectivity index (χ2n) is 8.24. The molecule has 0 radical (unpaired) electrons. The molecule has 1 aliphatic rings. The number of fused-ring (bicyclic) bond motifs is 1. The summed E-state index contributed by atoms with van der Waals surface area (Å²) in [5.74, 6) is 1.00. The Balaban J connectivity index is 1.56. The summed E-state index contributed by atoms with van der Waals surface area (Å²) in [6, 6.07) is 18.2. The van der Waals surface area contributed by atoms with E-state index in [-0.39, 0.29) is 11.9 Å². The number of hydrogen-bond donors (Lipinski definition) is 0. The summed E-state index contributed by atoms with van der Waals surface area (Å²) in [4.78, 5) is 25.2. The maximum absolute atomic E-state index is 12.7. The predicted octanol–water partition coefficient (Wildman–Crippen LogP) is 6.10. The molecule has 0 unspecified atom stereocenters. The zero-order valence-electron chi connectivity index (χ0n) is 17.4. The van der Waals surface area contributed by atoms with Gasteiger partial charge in [-0.1, -0.05) is 48.9 Å². The van der Waals surface area contributed by atoms with Crippen molar-refractivity contribution in [1.29, 1.82) is 0 Å². The van der Waals surface area contributed by atoms with E-state index in [1.54, 1.807) is 24.3 Å². The molecule has 1 aliphatic carbocycles. The normalized spacial score (nSPS) is 18.7. The number of aryl methyl sites for hydroxylation is 1. The molecular weight excluding hydrogens is 376 g/mol. The smallest absolute Gasteiger partial charge is 0.343 e. The summed E-state index contributed by atoms with van der Waals surface area (Å²) < 4.78 is 11.4. The first-order valence-electron chi connectivity index (χ1n) is 10.5. The van der Waals surface area contributed by atoms with Crippen molar-refractivity contribution >= 4 is 22.7 Å². The second kappa shape index (κ2) is 8.70. The molecule has 4 rings (SSSR count). The molecule has 1 saturated carbocycles. The molecule has 0 aromatic heterocycles. The van der Waals surface area contributed by atoms with Crippen LogP contribution in [0, 0.1) is 18.8 Å². The Morgan fingerprint density at radius 1 is 0.767 bits per heavy atom. The molecule has 0 bridgehead atoms. The fourth-order valence-electron chi connectivity index (χ4n) is 3.96. The van der Waals surface area contributed by atoms with Crippen LogP contribution in [0.3, 0.4) is 0 Å². The van der Waals surface area contributed by atoms with E-state index in [1.165, 1.54) is 0 Å². The van der Waals surface area contributed by atoms with E-state index in [4.69, 9.17) is 9.47 Å². The van der Waals surface area contributed by atoms with Crippen LogP contribution in [0.1, 0.15) is 48.5 Å². The first-order valence-corrected chi connectivity index (χ1v) is 10.5. The van der Waals surface area contributed by atoms with Gasteiger partial charge in [0.05, 0.1) is 11.5 Å². The molecule has 0 atom stereocenters. The van der Waals surface area contributed by atoms with Crippen molar-refractivity contribution in [2.75, 3.05) is 0 Å². The molecule has 0 spiro atoms. The van der Waals surface area contributed by atoms with Gasteiger partial charge in [-0.15, -0.1) is 0 Å². The van der Waals surface area contributed by atoms with Crippen molar-refractivity contribution in [2.24, 2.45) is 11.8 Å². The molecule has 3 aromatic rings. The van der Waals surface area contributed by atoms with Crippen molar-refractivity contribution in [3.8, 4) is 11.5 Å². The minimum Gasteiger partial charge on any atom is -0.426 e. The molecule has 4 heteroatoms. The van der Waals surface area contributed by atoms with Gasteiger partial charge >= 0.3 is 11.9 Å². The monoisotopic (exact) mass is 402 g/mol. The molecule has 0 amide bonds. The fourth-order valence-corrected chi connectivity index (χ4v) is 3.96. The number of ether oxygens (including phenoxy) is 2. The first kappa shape index (κ1) is 20.1. The minimum absolute atomic E-state index is 0.0426. The highest BCUT2D eigenvalue weighted by Crippen LogP contribution is 2.35. The number of hydrogen-bond acceptors (Lipinski definition) is 4. The zero-order valence-corrected chi connectivity index (χ0v) is 17.4. The first-order chi connectivity index (χ1) is 14.5. The van der Waals surface area contributed by atoms with Crippen LogP contribution < -0.4 is 9.47 Å². The molecule has 154 valence electrons. The molecule has 0 heterocycles. The third-order valence-electron chi connectivity index (χ3n) is 5.89. The van der Waals surface area contributed by atoms with Crippen molar-refractivity contribution in [2.45, 2.75) is 39.5 Å². The summed E-state index contributed by atoms with van der Waals surface area (Å²) in [5, 5.41) is 1.49. The molecule has 30 heavy (non-hydrogen) atoms. The van der Waals surface area contributed by atoms with E-state index >= 15 is 0 Å². The summed E-state index contributed by atoms with van der Waals surface area (Å²) >= 11 is 0. The molecule has 0 saturated heterocycles. The Kier molecular flexibility index (Phi) is 5.84. The number of benzene rings is 3. The number of esters is 2. The van der Waals surface area contributed by atoms with Gasteiger partial charge in [0, 0.05) is 10.8 Å². The van der Waals surface area contributed by atoms with Crippen molar-refractivity contribution in [1.82, 2.24) is 0 Å². The lowest BCUT2D eigenvalue weighted by molar-refractivity contribution is -0.140. The topological polar surface area (TPSA) is 52.6 Å². The van der Waals surface area contributed by atoms with Gasteiger partial charge in [-0.05, 0) is 62.8 Å². The van der Waals surface area contributed by atoms with Gasteiger partial charge in [0.1, 0.15) is 11.5 Å². The van der Waals surface area contributed by atoms with Gasteiger partial charge in [-0.3, -0.25) is 4.79 Å². The maximum Gasteiger partial charge on any atom is 0.343 e. The highest BCUT2D eigenvalue weighted by Gasteiger charge is 2.26. The van der Waals surface area contributed by atoms with E-state index in [1.807, 2.05) is 43.3 Å². The average molecular weight is 402 g/mol. The van der Waals surface area contributed by atoms with Gasteiger partial charge < -0.3 is 9.47 Å². The van der Waals surface area contributed by atoms with Crippen molar-refractivity contribution in [3.05, 3.63) is 71.8 Å². The Morgan fingerprint density at radius 2 is 1.33 bits per heavy atom. The number of rotatable bonds is 4. The fraction of sp³-hybridized carbons (Fsp3) is 0.308. The van der Waals surface area contributed by atoms with E-state index in [9.17, 15) is 9.59 Å². The molecule has 1 fully saturated rings. The summed E-state index contributed by atoms with van der Waals surface area (Å²) in [5.41, 5.74) is 1.57. The second-order valence-corrected chi connectivity index (χ2v) is 8.24. The highest BCUT2D eigenvalue weighted by atomic mass is 16.5. The van der Waals surface area contributed by atoms with Crippen LogP contribution in [-0.2, 0) is 4.79 Å². The summed E-state index contributed by atoms with van der Waals surface area (Å²) in [7, 11) is 0. The van der Waals surface area contributed by atoms with E-state index in [0.717, 1.165) is 42.0 Å². The molecule has 0 N–H and O–H groups in total. The molecule has 0 aliphatic heterocycles. The SMILES string of the molecule is Cc1ccc(C(=O)Oc2ccc(OC(=O)C3CCC(C)CC3)c3ccccc23)cc1.